The molecule has 8 heteroatoms. The molecule has 0 heterocycles. The van der Waals surface area contributed by atoms with Crippen molar-refractivity contribution in [1.29, 1.82) is 0 Å². The first-order valence-electron chi connectivity index (χ1n) is 10.0. The number of hydrogen-bond acceptors (Lipinski definition) is 5. The molecule has 2 aromatic rings. The Bertz CT molecular complexity index is 981. The highest BCUT2D eigenvalue weighted by Crippen LogP contribution is 2.22. The van der Waals surface area contributed by atoms with E-state index in [4.69, 9.17) is 4.74 Å². The highest BCUT2D eigenvalue weighted by Gasteiger charge is 2.27. The van der Waals surface area contributed by atoms with Crippen molar-refractivity contribution < 1.29 is 22.7 Å². The number of benzene rings is 2. The molecule has 0 radical (unpaired) electrons. The van der Waals surface area contributed by atoms with Crippen LogP contribution >= 0.6 is 0 Å². The van der Waals surface area contributed by atoms with E-state index in [-0.39, 0.29) is 42.0 Å². The van der Waals surface area contributed by atoms with Crippen LogP contribution in [0.1, 0.15) is 48.5 Å². The Hall–Kier alpha value is -2.71. The summed E-state index contributed by atoms with van der Waals surface area (Å²) in [5, 5.41) is 2.76. The summed E-state index contributed by atoms with van der Waals surface area (Å²) in [5.41, 5.74) is 1.33. The quantitative estimate of drug-likeness (QED) is 0.534. The maximum Gasteiger partial charge on any atom is 0.240 e. The third-order valence-electron chi connectivity index (χ3n) is 4.69. The molecule has 0 bridgehead atoms. The van der Waals surface area contributed by atoms with Gasteiger partial charge in [0, 0.05) is 31.0 Å². The van der Waals surface area contributed by atoms with E-state index in [0.29, 0.717) is 17.9 Å². The zero-order valence-corrected chi connectivity index (χ0v) is 17.7. The molecule has 1 amide bonds. The Morgan fingerprint density at radius 2 is 1.67 bits per heavy atom. The van der Waals surface area contributed by atoms with E-state index >= 15 is 0 Å². The van der Waals surface area contributed by atoms with Crippen LogP contribution in [0.4, 0.5) is 0 Å². The summed E-state index contributed by atoms with van der Waals surface area (Å²) >= 11 is 0. The van der Waals surface area contributed by atoms with Gasteiger partial charge in [-0.15, -0.1) is 0 Å². The highest BCUT2D eigenvalue weighted by atomic mass is 32.2. The summed E-state index contributed by atoms with van der Waals surface area (Å²) < 4.78 is 32.3. The second kappa shape index (κ2) is 9.86. The van der Waals surface area contributed by atoms with Crippen LogP contribution in [0.3, 0.4) is 0 Å². The van der Waals surface area contributed by atoms with E-state index in [1.807, 2.05) is 6.92 Å². The summed E-state index contributed by atoms with van der Waals surface area (Å²) in [6.45, 7) is 2.72. The van der Waals surface area contributed by atoms with Crippen LogP contribution in [0.5, 0.6) is 5.75 Å². The van der Waals surface area contributed by atoms with Gasteiger partial charge in [-0.2, -0.15) is 0 Å². The summed E-state index contributed by atoms with van der Waals surface area (Å²) in [6, 6.07) is 13.3. The smallest absolute Gasteiger partial charge is 0.240 e. The Balaban J connectivity index is 1.43. The molecule has 0 unspecified atom stereocenters. The van der Waals surface area contributed by atoms with Crippen LogP contribution in [0.15, 0.2) is 53.4 Å². The van der Waals surface area contributed by atoms with Crippen LogP contribution in [-0.2, 0) is 21.4 Å². The molecule has 7 nitrogen and oxygen atoms in total. The fourth-order valence-corrected chi connectivity index (χ4v) is 4.14. The maximum absolute atomic E-state index is 12.2. The van der Waals surface area contributed by atoms with Crippen molar-refractivity contribution in [2.45, 2.75) is 50.1 Å². The summed E-state index contributed by atoms with van der Waals surface area (Å²) in [7, 11) is -3.48. The number of nitrogens with one attached hydrogen (secondary N) is 2. The molecular formula is C22H26N2O5S. The zero-order chi connectivity index (χ0) is 21.6. The Morgan fingerprint density at radius 1 is 1.00 bits per heavy atom. The Labute approximate surface area is 176 Å². The summed E-state index contributed by atoms with van der Waals surface area (Å²) in [4.78, 5) is 24.5. The maximum atomic E-state index is 12.2. The van der Waals surface area contributed by atoms with Crippen molar-refractivity contribution >= 4 is 21.7 Å². The van der Waals surface area contributed by atoms with Crippen LogP contribution in [0, 0.1) is 0 Å². The molecule has 1 fully saturated rings. The third kappa shape index (κ3) is 6.40. The van der Waals surface area contributed by atoms with Crippen molar-refractivity contribution in [2.75, 3.05) is 6.61 Å². The fraction of sp³-hybridized carbons (Fsp3) is 0.364. The molecule has 1 aliphatic rings. The topological polar surface area (TPSA) is 102 Å². The van der Waals surface area contributed by atoms with Gasteiger partial charge in [0.2, 0.25) is 15.9 Å². The van der Waals surface area contributed by atoms with Crippen LogP contribution in [0.25, 0.3) is 0 Å². The highest BCUT2D eigenvalue weighted by molar-refractivity contribution is 7.89. The Morgan fingerprint density at radius 3 is 2.27 bits per heavy atom. The molecule has 2 aromatic carbocycles. The molecule has 0 aromatic heterocycles. The molecule has 0 spiro atoms. The molecule has 0 saturated heterocycles. The number of hydrogen-bond donors (Lipinski definition) is 2. The number of carbonyl (C=O) groups is 2. The largest absolute Gasteiger partial charge is 0.494 e. The minimum Gasteiger partial charge on any atom is -0.494 e. The van der Waals surface area contributed by atoms with Crippen molar-refractivity contribution in [3.8, 4) is 5.75 Å². The number of carbonyl (C=O) groups excluding carboxylic acids is 2. The number of rotatable bonds is 11. The molecule has 3 rings (SSSR count). The van der Waals surface area contributed by atoms with Crippen molar-refractivity contribution in [3.63, 3.8) is 0 Å². The average Bonchev–Trinajstić information content (AvgIpc) is 3.55. The molecule has 0 atom stereocenters. The minimum absolute atomic E-state index is 0.0549. The van der Waals surface area contributed by atoms with Crippen LogP contribution < -0.4 is 14.8 Å². The van der Waals surface area contributed by atoms with Gasteiger partial charge in [-0.05, 0) is 61.7 Å². The Kier molecular flexibility index (Phi) is 7.23. The van der Waals surface area contributed by atoms with Crippen LogP contribution in [0.2, 0.25) is 0 Å². The number of Topliss-reactive ketones (excluding diaryl/α,β-unsaturated/α-hetero) is 1. The van der Waals surface area contributed by atoms with Crippen molar-refractivity contribution in [2.24, 2.45) is 0 Å². The number of sulfonamides is 1. The molecule has 1 aliphatic carbocycles. The van der Waals surface area contributed by atoms with E-state index in [0.717, 1.165) is 18.4 Å². The monoisotopic (exact) mass is 430 g/mol. The standard InChI is InChI=1S/C22H26N2O5S/c1-2-29-19-9-5-17(6-10-19)21(25)13-14-22(26)23-15-16-3-11-20(12-4-16)30(27,28)24-18-7-8-18/h3-6,9-12,18,24H,2,7-8,13-15H2,1H3,(H,23,26). The van der Waals surface area contributed by atoms with E-state index < -0.39 is 10.0 Å². The first-order valence-corrected chi connectivity index (χ1v) is 11.5. The van der Waals surface area contributed by atoms with Crippen LogP contribution in [-0.4, -0.2) is 32.8 Å². The lowest BCUT2D eigenvalue weighted by Crippen LogP contribution is -2.26. The lowest BCUT2D eigenvalue weighted by atomic mass is 10.1. The average molecular weight is 431 g/mol. The fourth-order valence-electron chi connectivity index (χ4n) is 2.84. The predicted molar refractivity (Wildman–Crippen MR) is 113 cm³/mol. The lowest BCUT2D eigenvalue weighted by molar-refractivity contribution is -0.121. The first kappa shape index (κ1) is 22.0. The molecule has 30 heavy (non-hydrogen) atoms. The molecule has 0 aliphatic heterocycles. The minimum atomic E-state index is -3.48. The van der Waals surface area contributed by atoms with Gasteiger partial charge in [0.15, 0.2) is 5.78 Å². The van der Waals surface area contributed by atoms with Gasteiger partial charge in [-0.3, -0.25) is 9.59 Å². The van der Waals surface area contributed by atoms with Gasteiger partial charge in [0.25, 0.3) is 0 Å². The van der Waals surface area contributed by atoms with E-state index in [9.17, 15) is 18.0 Å². The van der Waals surface area contributed by atoms with E-state index in [2.05, 4.69) is 10.0 Å². The van der Waals surface area contributed by atoms with Gasteiger partial charge in [0.1, 0.15) is 5.75 Å². The zero-order valence-electron chi connectivity index (χ0n) is 16.9. The van der Waals surface area contributed by atoms with Crippen molar-refractivity contribution in [1.82, 2.24) is 10.0 Å². The van der Waals surface area contributed by atoms with Gasteiger partial charge >= 0.3 is 0 Å². The molecule has 160 valence electrons. The van der Waals surface area contributed by atoms with Crippen molar-refractivity contribution in [3.05, 3.63) is 59.7 Å². The predicted octanol–water partition coefficient (Wildman–Crippen LogP) is 2.81. The van der Waals surface area contributed by atoms with Gasteiger partial charge < -0.3 is 10.1 Å². The van der Waals surface area contributed by atoms with E-state index in [1.165, 1.54) is 12.1 Å². The summed E-state index contributed by atoms with van der Waals surface area (Å²) in [5.74, 6) is 0.362. The lowest BCUT2D eigenvalue weighted by Gasteiger charge is -2.08. The first-order chi connectivity index (χ1) is 14.4. The third-order valence-corrected chi connectivity index (χ3v) is 6.23. The van der Waals surface area contributed by atoms with Gasteiger partial charge in [-0.1, -0.05) is 12.1 Å². The number of ether oxygens (including phenoxy) is 1. The number of amides is 1. The summed E-state index contributed by atoms with van der Waals surface area (Å²) in [6.07, 6.45) is 1.96. The van der Waals surface area contributed by atoms with Gasteiger partial charge in [-0.25, -0.2) is 13.1 Å². The van der Waals surface area contributed by atoms with Gasteiger partial charge in [0.05, 0.1) is 11.5 Å². The molecular weight excluding hydrogens is 404 g/mol. The second-order valence-corrected chi connectivity index (χ2v) is 8.91. The SMILES string of the molecule is CCOc1ccc(C(=O)CCC(=O)NCc2ccc(S(=O)(=O)NC3CC3)cc2)cc1. The molecule has 1 saturated carbocycles. The second-order valence-electron chi connectivity index (χ2n) is 7.20. The molecule has 2 N–H and O–H groups in total. The number of ketones is 1. The van der Waals surface area contributed by atoms with E-state index in [1.54, 1.807) is 36.4 Å². The normalized spacial score (nSPS) is 13.6.